The fourth-order valence-electron chi connectivity index (χ4n) is 0.173. The molecule has 0 aliphatic carbocycles. The molecule has 5 nitrogen and oxygen atoms in total. The highest BCUT2D eigenvalue weighted by Gasteiger charge is 2.04. The summed E-state index contributed by atoms with van der Waals surface area (Å²) < 4.78 is 4.18. The van der Waals surface area contributed by atoms with E-state index < -0.39 is 7.32 Å². The van der Waals surface area contributed by atoms with Crippen molar-refractivity contribution in [1.82, 2.24) is 6.15 Å². The molecule has 0 aliphatic heterocycles. The highest BCUT2D eigenvalue weighted by Crippen LogP contribution is 1.69. The van der Waals surface area contributed by atoms with Crippen LogP contribution < -0.4 is 11.9 Å². The van der Waals surface area contributed by atoms with Gasteiger partial charge in [-0.3, -0.25) is 0 Å². The Morgan fingerprint density at radius 3 is 2.12 bits per heavy atom. The minimum absolute atomic E-state index is 0. The van der Waals surface area contributed by atoms with Crippen LogP contribution in [0, 0.1) is 0 Å². The lowest BCUT2D eigenvalue weighted by Gasteiger charge is -1.95. The molecule has 8 heavy (non-hydrogen) atoms. The molecular formula is C2H11BN2O3. The van der Waals surface area contributed by atoms with E-state index in [1.54, 1.807) is 0 Å². The van der Waals surface area contributed by atoms with Gasteiger partial charge in [-0.05, 0) is 0 Å². The van der Waals surface area contributed by atoms with Crippen molar-refractivity contribution in [2.24, 2.45) is 5.73 Å². The molecule has 0 saturated carbocycles. The van der Waals surface area contributed by atoms with E-state index in [-0.39, 0.29) is 12.8 Å². The van der Waals surface area contributed by atoms with E-state index in [9.17, 15) is 0 Å². The van der Waals surface area contributed by atoms with E-state index in [0.717, 1.165) is 0 Å². The third kappa shape index (κ3) is 9.29. The minimum Gasteiger partial charge on any atom is -0.402 e. The Hall–Kier alpha value is -0.135. The quantitative estimate of drug-likeness (QED) is 0.326. The van der Waals surface area contributed by atoms with Crippen molar-refractivity contribution in [3.05, 3.63) is 0 Å². The van der Waals surface area contributed by atoms with Crippen molar-refractivity contribution in [2.45, 2.75) is 0 Å². The lowest BCUT2D eigenvalue weighted by molar-refractivity contribution is 0.191. The smallest absolute Gasteiger partial charge is 0.402 e. The molecule has 0 aliphatic rings. The van der Waals surface area contributed by atoms with Gasteiger partial charge in [0.15, 0.2) is 0 Å². The average Bonchev–Trinajstić information content (AvgIpc) is 1.61. The van der Waals surface area contributed by atoms with Crippen LogP contribution in [-0.4, -0.2) is 30.5 Å². The second kappa shape index (κ2) is 6.86. The molecule has 0 rings (SSSR count). The van der Waals surface area contributed by atoms with Crippen LogP contribution in [0.15, 0.2) is 0 Å². The first-order valence-corrected chi connectivity index (χ1v) is 1.95. The summed E-state index contributed by atoms with van der Waals surface area (Å²) in [6.07, 6.45) is 0. The fourth-order valence-corrected chi connectivity index (χ4v) is 0.173. The molecule has 0 bridgehead atoms. The zero-order valence-electron chi connectivity index (χ0n) is 4.58. The van der Waals surface area contributed by atoms with Gasteiger partial charge in [-0.2, -0.15) is 0 Å². The molecule has 0 heterocycles. The second-order valence-electron chi connectivity index (χ2n) is 0.986. The molecular weight excluding hydrogens is 111 g/mol. The Balaban J connectivity index is 0. The van der Waals surface area contributed by atoms with E-state index in [4.69, 9.17) is 15.8 Å². The molecule has 6 heteroatoms. The number of hydrogen-bond donors (Lipinski definition) is 4. The number of nitrogens with two attached hydrogens (primary N) is 1. The Morgan fingerprint density at radius 1 is 1.50 bits per heavy atom. The van der Waals surface area contributed by atoms with Gasteiger partial charge >= 0.3 is 7.32 Å². The van der Waals surface area contributed by atoms with Gasteiger partial charge in [0.2, 0.25) is 0 Å². The maximum absolute atomic E-state index is 7.96. The van der Waals surface area contributed by atoms with E-state index in [0.29, 0.717) is 6.54 Å². The maximum atomic E-state index is 7.96. The highest BCUT2D eigenvalue weighted by atomic mass is 16.6. The third-order valence-corrected chi connectivity index (χ3v) is 0.385. The van der Waals surface area contributed by atoms with Crippen molar-refractivity contribution in [3.8, 4) is 0 Å². The van der Waals surface area contributed by atoms with Crippen LogP contribution in [0.5, 0.6) is 0 Å². The third-order valence-electron chi connectivity index (χ3n) is 0.385. The highest BCUT2D eigenvalue weighted by molar-refractivity contribution is 6.32. The van der Waals surface area contributed by atoms with Crippen molar-refractivity contribution in [2.75, 3.05) is 13.2 Å². The summed E-state index contributed by atoms with van der Waals surface area (Å²) in [5.74, 6) is 0. The van der Waals surface area contributed by atoms with Crippen LogP contribution in [0.2, 0.25) is 0 Å². The van der Waals surface area contributed by atoms with Crippen molar-refractivity contribution < 1.29 is 14.7 Å². The van der Waals surface area contributed by atoms with Gasteiger partial charge in [0.25, 0.3) is 0 Å². The molecule has 0 aromatic heterocycles. The lowest BCUT2D eigenvalue weighted by Crippen LogP contribution is -2.21. The largest absolute Gasteiger partial charge is 0.633 e. The van der Waals surface area contributed by atoms with E-state index in [1.807, 2.05) is 0 Å². The Morgan fingerprint density at radius 2 is 2.00 bits per heavy atom. The minimum atomic E-state index is -1.68. The lowest BCUT2D eigenvalue weighted by atomic mass is 10.3. The van der Waals surface area contributed by atoms with Crippen LogP contribution >= 0.6 is 0 Å². The first-order chi connectivity index (χ1) is 3.27. The molecule has 0 unspecified atom stereocenters. The van der Waals surface area contributed by atoms with Crippen LogP contribution in [0.1, 0.15) is 0 Å². The van der Waals surface area contributed by atoms with E-state index >= 15 is 0 Å². The fraction of sp³-hybridized carbons (Fsp3) is 1.00. The molecule has 0 fully saturated rings. The van der Waals surface area contributed by atoms with Gasteiger partial charge in [0.1, 0.15) is 0 Å². The van der Waals surface area contributed by atoms with Crippen molar-refractivity contribution in [3.63, 3.8) is 0 Å². The summed E-state index contributed by atoms with van der Waals surface area (Å²) >= 11 is 0. The molecule has 0 radical (unpaired) electrons. The second-order valence-corrected chi connectivity index (χ2v) is 0.986. The zero-order valence-corrected chi connectivity index (χ0v) is 4.58. The van der Waals surface area contributed by atoms with Gasteiger partial charge in [0.05, 0.1) is 0 Å². The number of rotatable bonds is 3. The molecule has 0 aromatic rings. The standard InChI is InChI=1S/C2H8BNO3.H3N/c4-1-2-7-3(5)6;/h5-6H,1-2,4H2;1H3. The van der Waals surface area contributed by atoms with Gasteiger partial charge in [0, 0.05) is 13.2 Å². The molecule has 7 N–H and O–H groups in total. The summed E-state index contributed by atoms with van der Waals surface area (Å²) in [7, 11) is -1.68. The van der Waals surface area contributed by atoms with Crippen molar-refractivity contribution in [1.29, 1.82) is 0 Å². The monoisotopic (exact) mass is 122 g/mol. The first kappa shape index (κ1) is 10.8. The van der Waals surface area contributed by atoms with Crippen LogP contribution in [0.3, 0.4) is 0 Å². The summed E-state index contributed by atoms with van der Waals surface area (Å²) in [6, 6.07) is 0. The van der Waals surface area contributed by atoms with Gasteiger partial charge < -0.3 is 26.6 Å². The van der Waals surface area contributed by atoms with Gasteiger partial charge in [-0.25, -0.2) is 0 Å². The van der Waals surface area contributed by atoms with Gasteiger partial charge in [-0.15, -0.1) is 0 Å². The maximum Gasteiger partial charge on any atom is 0.633 e. The summed E-state index contributed by atoms with van der Waals surface area (Å²) in [6.45, 7) is 0.481. The Kier molecular flexibility index (Phi) is 9.25. The molecule has 50 valence electrons. The normalized spacial score (nSPS) is 7.88. The summed E-state index contributed by atoms with van der Waals surface area (Å²) in [5, 5.41) is 15.9. The number of hydrogen-bond acceptors (Lipinski definition) is 5. The molecule has 0 saturated heterocycles. The van der Waals surface area contributed by atoms with Crippen LogP contribution in [0.4, 0.5) is 0 Å². The summed E-state index contributed by atoms with van der Waals surface area (Å²) in [4.78, 5) is 0. The Labute approximate surface area is 48.2 Å². The van der Waals surface area contributed by atoms with E-state index in [2.05, 4.69) is 4.65 Å². The predicted octanol–water partition coefficient (Wildman–Crippen LogP) is -1.91. The predicted molar refractivity (Wildman–Crippen MR) is 30.2 cm³/mol. The summed E-state index contributed by atoms with van der Waals surface area (Å²) in [5.41, 5.74) is 4.93. The molecule has 0 atom stereocenters. The molecule has 0 amide bonds. The Bertz CT molecular complexity index is 44.3. The first-order valence-electron chi connectivity index (χ1n) is 1.95. The van der Waals surface area contributed by atoms with Crippen molar-refractivity contribution >= 4 is 7.32 Å². The zero-order chi connectivity index (χ0) is 5.70. The van der Waals surface area contributed by atoms with Crippen LogP contribution in [0.25, 0.3) is 0 Å². The average molecular weight is 122 g/mol. The molecule has 0 aromatic carbocycles. The SMILES string of the molecule is N.NCCOB(O)O. The molecule has 0 spiro atoms. The van der Waals surface area contributed by atoms with E-state index in [1.165, 1.54) is 0 Å². The van der Waals surface area contributed by atoms with Crippen LogP contribution in [-0.2, 0) is 4.65 Å². The topological polar surface area (TPSA) is 111 Å². The van der Waals surface area contributed by atoms with Gasteiger partial charge in [-0.1, -0.05) is 0 Å².